The Morgan fingerprint density at radius 1 is 0.593 bits per heavy atom. The molecule has 1 atom stereocenters. The van der Waals surface area contributed by atoms with Crippen LogP contribution in [0.25, 0.3) is 0 Å². The van der Waals surface area contributed by atoms with Crippen LogP contribution in [0.1, 0.15) is 49.5 Å². The van der Waals surface area contributed by atoms with Gasteiger partial charge in [0, 0.05) is 13.2 Å². The summed E-state index contributed by atoms with van der Waals surface area (Å²) in [6, 6.07) is 0.979. The van der Waals surface area contributed by atoms with Crippen molar-refractivity contribution < 1.29 is 17.1 Å². The standard InChI is InChI=1S/C15H40O4Si4.4CH4/c1-11-13-16-14-12-15-23(10,18-21(5,6)7)19-22(8,9)17-20(2,3)4;;;;/h11-15H2,1-10H3;4*1H4. The van der Waals surface area contributed by atoms with E-state index in [1.54, 1.807) is 0 Å². The molecule has 0 aromatic rings. The van der Waals surface area contributed by atoms with Gasteiger partial charge in [0.1, 0.15) is 0 Å². The highest BCUT2D eigenvalue weighted by Crippen LogP contribution is 2.27. The molecule has 0 rings (SSSR count). The van der Waals surface area contributed by atoms with E-state index in [1.807, 2.05) is 0 Å². The maximum absolute atomic E-state index is 6.63. The summed E-state index contributed by atoms with van der Waals surface area (Å²) in [7, 11) is -7.67. The van der Waals surface area contributed by atoms with Crippen LogP contribution in [0.2, 0.25) is 65.0 Å². The van der Waals surface area contributed by atoms with E-state index in [-0.39, 0.29) is 29.7 Å². The summed E-state index contributed by atoms with van der Waals surface area (Å²) in [6.07, 6.45) is 2.07. The fourth-order valence-electron chi connectivity index (χ4n) is 2.79. The maximum atomic E-state index is 6.63. The Bertz CT molecular complexity index is 342. The van der Waals surface area contributed by atoms with Crippen molar-refractivity contribution in [1.29, 1.82) is 0 Å². The summed E-state index contributed by atoms with van der Waals surface area (Å²) in [6.45, 7) is 23.7. The van der Waals surface area contributed by atoms with E-state index in [1.165, 1.54) is 0 Å². The summed E-state index contributed by atoms with van der Waals surface area (Å²) in [4.78, 5) is 0. The first kappa shape index (κ1) is 38.3. The van der Waals surface area contributed by atoms with Gasteiger partial charge in [0.25, 0.3) is 0 Å². The molecule has 0 heterocycles. The molecule has 4 nitrogen and oxygen atoms in total. The van der Waals surface area contributed by atoms with Crippen molar-refractivity contribution in [2.45, 2.75) is 114 Å². The number of hydrogen-bond donors (Lipinski definition) is 0. The fraction of sp³-hybridized carbons (Fsp3) is 1.00. The van der Waals surface area contributed by atoms with Gasteiger partial charge in [-0.15, -0.1) is 0 Å². The van der Waals surface area contributed by atoms with Crippen molar-refractivity contribution in [3.8, 4) is 0 Å². The van der Waals surface area contributed by atoms with E-state index >= 15 is 0 Å². The molecule has 0 bridgehead atoms. The molecule has 0 aliphatic rings. The number of hydrogen-bond acceptors (Lipinski definition) is 4. The lowest BCUT2D eigenvalue weighted by molar-refractivity contribution is 0.133. The second kappa shape index (κ2) is 15.5. The zero-order valence-electron chi connectivity index (χ0n) is 17.2. The zero-order valence-corrected chi connectivity index (χ0v) is 21.2. The van der Waals surface area contributed by atoms with Crippen molar-refractivity contribution in [2.75, 3.05) is 13.2 Å². The Labute approximate surface area is 178 Å². The topological polar surface area (TPSA) is 36.9 Å². The second-order valence-electron chi connectivity index (χ2n) is 8.78. The molecule has 0 saturated carbocycles. The molecule has 0 aliphatic heterocycles. The molecule has 1 unspecified atom stereocenters. The summed E-state index contributed by atoms with van der Waals surface area (Å²) < 4.78 is 25.2. The van der Waals surface area contributed by atoms with Crippen molar-refractivity contribution in [3.05, 3.63) is 0 Å². The monoisotopic (exact) mass is 460 g/mol. The molecule has 0 N–H and O–H groups in total. The number of ether oxygens (including phenoxy) is 1. The van der Waals surface area contributed by atoms with Crippen LogP contribution in [0, 0.1) is 0 Å². The van der Waals surface area contributed by atoms with Crippen LogP contribution in [0.3, 0.4) is 0 Å². The first-order valence-corrected chi connectivity index (χ1v) is 21.0. The minimum absolute atomic E-state index is 0. The summed E-state index contributed by atoms with van der Waals surface area (Å²) in [5, 5.41) is 0. The highest BCUT2D eigenvalue weighted by molar-refractivity contribution is 6.89. The van der Waals surface area contributed by atoms with Gasteiger partial charge in [-0.25, -0.2) is 0 Å². The van der Waals surface area contributed by atoms with E-state index in [2.05, 4.69) is 65.8 Å². The first-order valence-electron chi connectivity index (χ1n) is 8.86. The Kier molecular flexibility index (Phi) is 22.1. The average Bonchev–Trinajstić information content (AvgIpc) is 2.20. The van der Waals surface area contributed by atoms with E-state index in [9.17, 15) is 0 Å². The third kappa shape index (κ3) is 22.9. The highest BCUT2D eigenvalue weighted by atomic mass is 28.5. The molecule has 0 aromatic heterocycles. The molecule has 27 heavy (non-hydrogen) atoms. The van der Waals surface area contributed by atoms with E-state index in [4.69, 9.17) is 17.1 Å². The summed E-state index contributed by atoms with van der Waals surface area (Å²) in [5.74, 6) is 0. The van der Waals surface area contributed by atoms with Crippen LogP contribution in [0.5, 0.6) is 0 Å². The Hall–Kier alpha value is 0.708. The normalized spacial score (nSPS) is 14.0. The van der Waals surface area contributed by atoms with Gasteiger partial charge < -0.3 is 17.1 Å². The van der Waals surface area contributed by atoms with Crippen LogP contribution in [-0.2, 0) is 17.1 Å². The molecule has 172 valence electrons. The summed E-state index contributed by atoms with van der Waals surface area (Å²) >= 11 is 0. The van der Waals surface area contributed by atoms with Gasteiger partial charge in [0.05, 0.1) is 0 Å². The Morgan fingerprint density at radius 3 is 1.41 bits per heavy atom. The lowest BCUT2D eigenvalue weighted by Gasteiger charge is -2.41. The molecule has 0 radical (unpaired) electrons. The molecule has 0 amide bonds. The minimum atomic E-state index is -2.24. The quantitative estimate of drug-likeness (QED) is 0.219. The SMILES string of the molecule is C.C.C.C.CCCOCCC[Si](C)(O[Si](C)(C)C)O[Si](C)(C)O[Si](C)(C)C. The predicted octanol–water partition coefficient (Wildman–Crippen LogP) is 7.84. The van der Waals surface area contributed by atoms with Crippen LogP contribution in [0.15, 0.2) is 0 Å². The lowest BCUT2D eigenvalue weighted by Crippen LogP contribution is -2.56. The predicted molar refractivity (Wildman–Crippen MR) is 137 cm³/mol. The fourth-order valence-corrected chi connectivity index (χ4v) is 20.7. The van der Waals surface area contributed by atoms with Crippen molar-refractivity contribution in [2.24, 2.45) is 0 Å². The maximum Gasteiger partial charge on any atom is 0.315 e. The molecule has 0 aliphatic carbocycles. The first-order chi connectivity index (χ1) is 10.2. The van der Waals surface area contributed by atoms with Crippen molar-refractivity contribution in [1.82, 2.24) is 0 Å². The molecular formula is C19H56O4Si4. The van der Waals surface area contributed by atoms with Gasteiger partial charge in [-0.05, 0) is 77.8 Å². The summed E-state index contributed by atoms with van der Waals surface area (Å²) in [5.41, 5.74) is 0. The van der Waals surface area contributed by atoms with Crippen LogP contribution in [-0.4, -0.2) is 47.0 Å². The van der Waals surface area contributed by atoms with Gasteiger partial charge in [-0.3, -0.25) is 0 Å². The van der Waals surface area contributed by atoms with Crippen LogP contribution < -0.4 is 0 Å². The van der Waals surface area contributed by atoms with E-state index in [0.29, 0.717) is 0 Å². The molecule has 8 heteroatoms. The minimum Gasteiger partial charge on any atom is -0.437 e. The van der Waals surface area contributed by atoms with Crippen LogP contribution in [0.4, 0.5) is 0 Å². The van der Waals surface area contributed by atoms with E-state index in [0.717, 1.165) is 32.1 Å². The van der Waals surface area contributed by atoms with Crippen molar-refractivity contribution >= 4 is 33.8 Å². The van der Waals surface area contributed by atoms with E-state index < -0.39 is 33.8 Å². The second-order valence-corrected chi connectivity index (χ2v) is 25.2. The molecule has 0 saturated heterocycles. The molecule has 0 fully saturated rings. The Morgan fingerprint density at radius 2 is 1.04 bits per heavy atom. The van der Waals surface area contributed by atoms with Gasteiger partial charge >= 0.3 is 17.1 Å². The number of rotatable bonds is 12. The highest BCUT2D eigenvalue weighted by Gasteiger charge is 2.44. The third-order valence-electron chi connectivity index (χ3n) is 2.80. The smallest absolute Gasteiger partial charge is 0.315 e. The van der Waals surface area contributed by atoms with Gasteiger partial charge in [-0.2, -0.15) is 0 Å². The largest absolute Gasteiger partial charge is 0.437 e. The molecule has 0 spiro atoms. The average molecular weight is 461 g/mol. The molecule has 0 aromatic carbocycles. The third-order valence-corrected chi connectivity index (χ3v) is 16.4. The molecular weight excluding hydrogens is 405 g/mol. The van der Waals surface area contributed by atoms with Gasteiger partial charge in [0.15, 0.2) is 16.6 Å². The van der Waals surface area contributed by atoms with Gasteiger partial charge in [0.2, 0.25) is 0 Å². The van der Waals surface area contributed by atoms with Crippen molar-refractivity contribution in [3.63, 3.8) is 0 Å². The van der Waals surface area contributed by atoms with Gasteiger partial charge in [-0.1, -0.05) is 36.6 Å². The Balaban J connectivity index is -0.000000403. The van der Waals surface area contributed by atoms with Crippen LogP contribution >= 0.6 is 0 Å². The zero-order chi connectivity index (χ0) is 18.4. The lowest BCUT2D eigenvalue weighted by atomic mass is 10.5.